The van der Waals surface area contributed by atoms with Gasteiger partial charge in [-0.05, 0) is 24.1 Å². The van der Waals surface area contributed by atoms with E-state index in [0.29, 0.717) is 42.9 Å². The molecule has 0 radical (unpaired) electrons. The highest BCUT2D eigenvalue weighted by atomic mass is 32.2. The van der Waals surface area contributed by atoms with Gasteiger partial charge in [-0.2, -0.15) is 13.2 Å². The van der Waals surface area contributed by atoms with Gasteiger partial charge in [-0.3, -0.25) is 4.79 Å². The van der Waals surface area contributed by atoms with Crippen molar-refractivity contribution in [2.75, 3.05) is 43.1 Å². The molecule has 0 bridgehead atoms. The van der Waals surface area contributed by atoms with E-state index in [1.165, 1.54) is 36.0 Å². The SMILES string of the molecule is CS(=O)(=O)c1ccc(-c2nc(C(F)(F)F)nc(N3CCN(C(=O)C4=CCCS4)CC3)c2-c2ccccc2)cc1. The summed E-state index contributed by atoms with van der Waals surface area (Å²) in [6.45, 7) is 1.28. The Hall–Kier alpha value is -3.38. The highest BCUT2D eigenvalue weighted by molar-refractivity contribution is 8.04. The first-order chi connectivity index (χ1) is 18.5. The molecule has 1 fully saturated rings. The van der Waals surface area contributed by atoms with E-state index in [1.807, 2.05) is 6.08 Å². The van der Waals surface area contributed by atoms with Gasteiger partial charge in [-0.15, -0.1) is 11.8 Å². The highest BCUT2D eigenvalue weighted by Crippen LogP contribution is 2.41. The number of piperazine rings is 1. The lowest BCUT2D eigenvalue weighted by Gasteiger charge is -2.37. The van der Waals surface area contributed by atoms with E-state index < -0.39 is 21.8 Å². The van der Waals surface area contributed by atoms with Crippen LogP contribution in [0.1, 0.15) is 12.2 Å². The lowest BCUT2D eigenvalue weighted by Crippen LogP contribution is -2.49. The number of hydrogen-bond donors (Lipinski definition) is 0. The van der Waals surface area contributed by atoms with Crippen LogP contribution in [0.2, 0.25) is 0 Å². The number of aromatic nitrogens is 2. The molecule has 3 heterocycles. The maximum atomic E-state index is 14.0. The number of sulfone groups is 1. The topological polar surface area (TPSA) is 83.5 Å². The number of halogens is 3. The van der Waals surface area contributed by atoms with E-state index in [-0.39, 0.29) is 22.3 Å². The number of hydrogen-bond acceptors (Lipinski definition) is 7. The lowest BCUT2D eigenvalue weighted by molar-refractivity contribution is -0.144. The normalized spacial score (nSPS) is 16.4. The number of carbonyl (C=O) groups excluding carboxylic acids is 1. The van der Waals surface area contributed by atoms with Crippen molar-refractivity contribution in [2.45, 2.75) is 17.5 Å². The minimum atomic E-state index is -4.81. The zero-order valence-corrected chi connectivity index (χ0v) is 22.6. The minimum absolute atomic E-state index is 0.0459. The maximum Gasteiger partial charge on any atom is 0.451 e. The summed E-state index contributed by atoms with van der Waals surface area (Å²) in [6.07, 6.45) is -0.973. The van der Waals surface area contributed by atoms with Crippen molar-refractivity contribution in [3.8, 4) is 22.4 Å². The van der Waals surface area contributed by atoms with Crippen LogP contribution in [0.4, 0.5) is 19.0 Å². The smallest absolute Gasteiger partial charge is 0.352 e. The molecule has 1 aromatic heterocycles. The van der Waals surface area contributed by atoms with Crippen molar-refractivity contribution in [3.05, 3.63) is 71.4 Å². The molecule has 2 aliphatic rings. The number of rotatable bonds is 5. The first-order valence-corrected chi connectivity index (χ1v) is 15.1. The first kappa shape index (κ1) is 27.2. The molecule has 204 valence electrons. The van der Waals surface area contributed by atoms with Gasteiger partial charge in [0.25, 0.3) is 5.91 Å². The average Bonchev–Trinajstić information content (AvgIpc) is 3.47. The zero-order valence-electron chi connectivity index (χ0n) is 21.0. The Morgan fingerprint density at radius 2 is 1.59 bits per heavy atom. The molecule has 0 N–H and O–H groups in total. The molecule has 0 saturated carbocycles. The molecule has 12 heteroatoms. The van der Waals surface area contributed by atoms with Crippen LogP contribution in [0, 0.1) is 0 Å². The Kier molecular flexibility index (Phi) is 7.43. The predicted octanol–water partition coefficient (Wildman–Crippen LogP) is 4.90. The third kappa shape index (κ3) is 5.81. The zero-order chi connectivity index (χ0) is 27.8. The standard InChI is InChI=1S/C27H25F3N4O3S2/c1-39(36,37)20-11-9-19(10-12-20)23-22(18-6-3-2-4-7-18)24(32-26(31-23)27(28,29)30)33-13-15-34(16-14-33)25(35)21-8-5-17-38-21/h2-4,6-12H,5,13-17H2,1H3. The van der Waals surface area contributed by atoms with Crippen LogP contribution in [-0.4, -0.2) is 67.4 Å². The molecule has 5 rings (SSSR count). The third-order valence-electron chi connectivity index (χ3n) is 6.54. The number of benzene rings is 2. The molecule has 0 spiro atoms. The summed E-state index contributed by atoms with van der Waals surface area (Å²) >= 11 is 1.52. The number of thioether (sulfide) groups is 1. The van der Waals surface area contributed by atoms with Gasteiger partial charge in [-0.1, -0.05) is 48.5 Å². The molecule has 1 amide bonds. The average molecular weight is 575 g/mol. The summed E-state index contributed by atoms with van der Waals surface area (Å²) in [4.78, 5) is 25.1. The van der Waals surface area contributed by atoms with Crippen LogP contribution in [0.3, 0.4) is 0 Å². The predicted molar refractivity (Wildman–Crippen MR) is 145 cm³/mol. The molecular formula is C27H25F3N4O3S2. The van der Waals surface area contributed by atoms with E-state index in [0.717, 1.165) is 23.3 Å². The molecular weight excluding hydrogens is 549 g/mol. The molecule has 3 aromatic rings. The van der Waals surface area contributed by atoms with E-state index >= 15 is 0 Å². The Bertz CT molecular complexity index is 1520. The Balaban J connectivity index is 1.60. The van der Waals surface area contributed by atoms with E-state index in [1.54, 1.807) is 40.1 Å². The number of alkyl halides is 3. The van der Waals surface area contributed by atoms with Crippen LogP contribution < -0.4 is 4.90 Å². The highest BCUT2D eigenvalue weighted by Gasteiger charge is 2.38. The number of amides is 1. The molecule has 7 nitrogen and oxygen atoms in total. The van der Waals surface area contributed by atoms with E-state index in [9.17, 15) is 26.4 Å². The van der Waals surface area contributed by atoms with Gasteiger partial charge in [0.1, 0.15) is 5.82 Å². The summed E-state index contributed by atoms with van der Waals surface area (Å²) in [7, 11) is -3.50. The van der Waals surface area contributed by atoms with Gasteiger partial charge in [0.2, 0.25) is 5.82 Å². The van der Waals surface area contributed by atoms with Gasteiger partial charge in [0, 0.05) is 43.8 Å². The van der Waals surface area contributed by atoms with Crippen molar-refractivity contribution in [3.63, 3.8) is 0 Å². The van der Waals surface area contributed by atoms with Crippen LogP contribution in [0.25, 0.3) is 22.4 Å². The number of allylic oxidation sites excluding steroid dienone is 1. The quantitative estimate of drug-likeness (QED) is 0.429. The monoisotopic (exact) mass is 574 g/mol. The lowest BCUT2D eigenvalue weighted by atomic mass is 9.98. The van der Waals surface area contributed by atoms with Crippen molar-refractivity contribution >= 4 is 33.3 Å². The number of anilines is 1. The molecule has 2 aliphatic heterocycles. The number of nitrogens with zero attached hydrogens (tertiary/aromatic N) is 4. The third-order valence-corrected chi connectivity index (χ3v) is 8.76. The largest absolute Gasteiger partial charge is 0.451 e. The van der Waals surface area contributed by atoms with Gasteiger partial charge >= 0.3 is 6.18 Å². The second-order valence-electron chi connectivity index (χ2n) is 9.24. The molecule has 39 heavy (non-hydrogen) atoms. The van der Waals surface area contributed by atoms with Gasteiger partial charge in [-0.25, -0.2) is 18.4 Å². The second-order valence-corrected chi connectivity index (χ2v) is 12.4. The van der Waals surface area contributed by atoms with Crippen molar-refractivity contribution < 1.29 is 26.4 Å². The van der Waals surface area contributed by atoms with Gasteiger partial charge in [0.05, 0.1) is 21.1 Å². The number of carbonyl (C=O) groups is 1. The first-order valence-electron chi connectivity index (χ1n) is 12.2. The fraction of sp³-hybridized carbons (Fsp3) is 0.296. The van der Waals surface area contributed by atoms with Gasteiger partial charge in [0.15, 0.2) is 9.84 Å². The fourth-order valence-corrected chi connectivity index (χ4v) is 6.16. The van der Waals surface area contributed by atoms with Crippen molar-refractivity contribution in [1.82, 2.24) is 14.9 Å². The Labute approximate surface area is 228 Å². The Morgan fingerprint density at radius 1 is 0.923 bits per heavy atom. The van der Waals surface area contributed by atoms with Gasteiger partial charge < -0.3 is 9.80 Å². The maximum absolute atomic E-state index is 14.0. The van der Waals surface area contributed by atoms with Crippen molar-refractivity contribution in [2.24, 2.45) is 0 Å². The molecule has 1 saturated heterocycles. The Morgan fingerprint density at radius 3 is 2.15 bits per heavy atom. The minimum Gasteiger partial charge on any atom is -0.352 e. The summed E-state index contributed by atoms with van der Waals surface area (Å²) in [5.41, 5.74) is 1.40. The van der Waals surface area contributed by atoms with Crippen LogP contribution in [0.5, 0.6) is 0 Å². The molecule has 0 atom stereocenters. The fourth-order valence-electron chi connectivity index (χ4n) is 4.59. The summed E-state index contributed by atoms with van der Waals surface area (Å²) in [6, 6.07) is 14.5. The van der Waals surface area contributed by atoms with Crippen LogP contribution in [0.15, 0.2) is 70.5 Å². The van der Waals surface area contributed by atoms with Crippen LogP contribution >= 0.6 is 11.8 Å². The molecule has 0 aliphatic carbocycles. The molecule has 2 aromatic carbocycles. The van der Waals surface area contributed by atoms with E-state index in [4.69, 9.17) is 0 Å². The summed E-state index contributed by atoms with van der Waals surface area (Å²) < 4.78 is 66.0. The summed E-state index contributed by atoms with van der Waals surface area (Å²) in [5.74, 6) is -0.347. The van der Waals surface area contributed by atoms with Crippen molar-refractivity contribution in [1.29, 1.82) is 0 Å². The van der Waals surface area contributed by atoms with E-state index in [2.05, 4.69) is 9.97 Å². The molecule has 0 unspecified atom stereocenters. The second kappa shape index (κ2) is 10.6. The summed E-state index contributed by atoms with van der Waals surface area (Å²) in [5, 5.41) is 0. The van der Waals surface area contributed by atoms with Crippen LogP contribution in [-0.2, 0) is 20.8 Å².